The fraction of sp³-hybridized carbons (Fsp3) is 0.636. The van der Waals surface area contributed by atoms with Crippen LogP contribution in [0.1, 0.15) is 17.4 Å². The minimum absolute atomic E-state index is 0.347. The molecule has 0 aliphatic heterocycles. The summed E-state index contributed by atoms with van der Waals surface area (Å²) in [5.74, 6) is 0. The summed E-state index contributed by atoms with van der Waals surface area (Å²) in [7, 11) is -1.44. The van der Waals surface area contributed by atoms with Gasteiger partial charge in [0.2, 0.25) is 10.0 Å². The van der Waals surface area contributed by atoms with Gasteiger partial charge in [0.25, 0.3) is 0 Å². The number of nitrogens with one attached hydrogen (secondary N) is 1. The molecular weight excluding hydrogens is 270 g/mol. The van der Waals surface area contributed by atoms with E-state index in [-0.39, 0.29) is 0 Å². The predicted molar refractivity (Wildman–Crippen MR) is 75.3 cm³/mol. The fourth-order valence-electron chi connectivity index (χ4n) is 1.42. The van der Waals surface area contributed by atoms with Gasteiger partial charge in [-0.2, -0.15) is 0 Å². The lowest BCUT2D eigenvalue weighted by atomic mass is 10.3. The third kappa shape index (κ3) is 4.03. The van der Waals surface area contributed by atoms with Crippen molar-refractivity contribution in [2.45, 2.75) is 24.6 Å². The highest BCUT2D eigenvalue weighted by molar-refractivity contribution is 7.91. The van der Waals surface area contributed by atoms with Crippen molar-refractivity contribution >= 4 is 21.4 Å². The van der Waals surface area contributed by atoms with Gasteiger partial charge in [-0.05, 0) is 32.1 Å². The van der Waals surface area contributed by atoms with Gasteiger partial charge in [-0.25, -0.2) is 13.1 Å². The molecule has 7 heteroatoms. The molecule has 18 heavy (non-hydrogen) atoms. The summed E-state index contributed by atoms with van der Waals surface area (Å²) in [6.07, 6.45) is 0. The molecule has 1 heterocycles. The van der Waals surface area contributed by atoms with E-state index >= 15 is 0 Å². The number of aryl methyl sites for hydroxylation is 1. The number of hydrogen-bond donors (Lipinski definition) is 2. The third-order valence-electron chi connectivity index (χ3n) is 2.77. The lowest BCUT2D eigenvalue weighted by Crippen LogP contribution is -2.32. The number of hydrogen-bond acceptors (Lipinski definition) is 5. The molecule has 3 N–H and O–H groups in total. The zero-order valence-electron chi connectivity index (χ0n) is 11.1. The first-order valence-corrected chi connectivity index (χ1v) is 8.18. The highest BCUT2D eigenvalue weighted by atomic mass is 32.2. The Kier molecular flexibility index (Phi) is 5.74. The van der Waals surface area contributed by atoms with Crippen molar-refractivity contribution in [3.05, 3.63) is 16.5 Å². The number of thiophene rings is 1. The van der Waals surface area contributed by atoms with Crippen LogP contribution in [0.15, 0.2) is 10.3 Å². The number of nitrogens with zero attached hydrogens (tertiary/aromatic N) is 1. The normalized spacial score (nSPS) is 12.3. The molecule has 0 fully saturated rings. The Labute approximate surface area is 113 Å². The first-order valence-electron chi connectivity index (χ1n) is 5.88. The Morgan fingerprint density at radius 2 is 2.17 bits per heavy atom. The molecule has 104 valence electrons. The monoisotopic (exact) mass is 291 g/mol. The van der Waals surface area contributed by atoms with Crippen LogP contribution in [-0.4, -0.2) is 40.0 Å². The molecule has 0 spiro atoms. The second-order valence-electron chi connectivity index (χ2n) is 4.17. The van der Waals surface area contributed by atoms with E-state index in [0.29, 0.717) is 23.8 Å². The molecule has 1 aromatic heterocycles. The van der Waals surface area contributed by atoms with E-state index < -0.39 is 10.0 Å². The molecule has 0 saturated heterocycles. The largest absolute Gasteiger partial charge is 0.326 e. The molecule has 0 bridgehead atoms. The van der Waals surface area contributed by atoms with Crippen molar-refractivity contribution in [3.8, 4) is 0 Å². The van der Waals surface area contributed by atoms with Crippen LogP contribution in [0.3, 0.4) is 0 Å². The van der Waals surface area contributed by atoms with Gasteiger partial charge in [0.15, 0.2) is 0 Å². The van der Waals surface area contributed by atoms with Crippen molar-refractivity contribution in [3.63, 3.8) is 0 Å². The Balaban J connectivity index is 2.68. The summed E-state index contributed by atoms with van der Waals surface area (Å²) >= 11 is 1.24. The molecule has 0 aromatic carbocycles. The van der Waals surface area contributed by atoms with E-state index in [2.05, 4.69) is 4.72 Å². The van der Waals surface area contributed by atoms with Crippen LogP contribution in [0.4, 0.5) is 0 Å². The number of rotatable bonds is 7. The van der Waals surface area contributed by atoms with E-state index in [1.807, 2.05) is 25.8 Å². The van der Waals surface area contributed by atoms with E-state index in [0.717, 1.165) is 17.0 Å². The number of sulfonamides is 1. The van der Waals surface area contributed by atoms with Crippen LogP contribution < -0.4 is 10.5 Å². The van der Waals surface area contributed by atoms with E-state index in [1.54, 1.807) is 6.07 Å². The van der Waals surface area contributed by atoms with Crippen LogP contribution in [0.2, 0.25) is 0 Å². The van der Waals surface area contributed by atoms with Crippen LogP contribution in [0.25, 0.3) is 0 Å². The van der Waals surface area contributed by atoms with Crippen molar-refractivity contribution in [1.82, 2.24) is 9.62 Å². The van der Waals surface area contributed by atoms with Crippen molar-refractivity contribution < 1.29 is 8.42 Å². The van der Waals surface area contributed by atoms with Crippen molar-refractivity contribution in [2.24, 2.45) is 5.73 Å². The minimum atomic E-state index is -3.39. The zero-order chi connectivity index (χ0) is 13.8. The zero-order valence-corrected chi connectivity index (χ0v) is 12.7. The fourth-order valence-corrected chi connectivity index (χ4v) is 3.96. The number of likely N-dealkylation sites (N-methyl/N-ethyl adjacent to an activating group) is 1. The molecule has 0 aliphatic carbocycles. The van der Waals surface area contributed by atoms with Crippen molar-refractivity contribution in [1.29, 1.82) is 0 Å². The topological polar surface area (TPSA) is 75.4 Å². The summed E-state index contributed by atoms with van der Waals surface area (Å²) in [6, 6.07) is 1.68. The molecular formula is C11H21N3O2S2. The molecule has 1 rings (SSSR count). The Morgan fingerprint density at radius 3 is 2.67 bits per heavy atom. The van der Waals surface area contributed by atoms with Gasteiger partial charge in [-0.3, -0.25) is 0 Å². The minimum Gasteiger partial charge on any atom is -0.326 e. The summed E-state index contributed by atoms with van der Waals surface area (Å²) in [5, 5.41) is 0. The smallest absolute Gasteiger partial charge is 0.250 e. The van der Waals surface area contributed by atoms with Crippen LogP contribution in [-0.2, 0) is 16.6 Å². The number of nitrogens with two attached hydrogens (primary N) is 1. The first-order chi connectivity index (χ1) is 8.40. The molecule has 0 atom stereocenters. The van der Waals surface area contributed by atoms with E-state index in [4.69, 9.17) is 5.73 Å². The van der Waals surface area contributed by atoms with Crippen LogP contribution >= 0.6 is 11.3 Å². The van der Waals surface area contributed by atoms with Gasteiger partial charge < -0.3 is 10.6 Å². The van der Waals surface area contributed by atoms with Gasteiger partial charge in [0, 0.05) is 24.5 Å². The molecule has 5 nitrogen and oxygen atoms in total. The van der Waals surface area contributed by atoms with Crippen LogP contribution in [0.5, 0.6) is 0 Å². The Bertz CT molecular complexity index is 482. The Hall–Kier alpha value is -0.470. The standard InChI is InChI=1S/C11H21N3O2S2/c1-4-14(3)6-5-13-18(15,16)11-7-9(2)10(8-12)17-11/h7,13H,4-6,8,12H2,1-3H3. The summed E-state index contributed by atoms with van der Waals surface area (Å²) < 4.78 is 27.0. The van der Waals surface area contributed by atoms with Gasteiger partial charge in [0.05, 0.1) is 0 Å². The maximum Gasteiger partial charge on any atom is 0.250 e. The van der Waals surface area contributed by atoms with Gasteiger partial charge >= 0.3 is 0 Å². The molecule has 0 saturated carbocycles. The second kappa shape index (κ2) is 6.63. The Morgan fingerprint density at radius 1 is 1.50 bits per heavy atom. The average Bonchev–Trinajstić information content (AvgIpc) is 2.70. The first kappa shape index (κ1) is 15.6. The molecule has 0 radical (unpaired) electrons. The highest BCUT2D eigenvalue weighted by Gasteiger charge is 2.17. The van der Waals surface area contributed by atoms with E-state index in [9.17, 15) is 8.42 Å². The average molecular weight is 291 g/mol. The van der Waals surface area contributed by atoms with Crippen molar-refractivity contribution in [2.75, 3.05) is 26.7 Å². The highest BCUT2D eigenvalue weighted by Crippen LogP contribution is 2.25. The molecule has 0 aliphatic rings. The van der Waals surface area contributed by atoms with Gasteiger partial charge in [-0.15, -0.1) is 11.3 Å². The summed E-state index contributed by atoms with van der Waals surface area (Å²) in [6.45, 7) is 6.31. The van der Waals surface area contributed by atoms with Gasteiger partial charge in [-0.1, -0.05) is 6.92 Å². The van der Waals surface area contributed by atoms with Crippen LogP contribution in [0, 0.1) is 6.92 Å². The third-order valence-corrected chi connectivity index (χ3v) is 5.97. The molecule has 0 amide bonds. The predicted octanol–water partition coefficient (Wildman–Crippen LogP) is 0.745. The maximum atomic E-state index is 12.0. The molecule has 1 aromatic rings. The SMILES string of the molecule is CCN(C)CCNS(=O)(=O)c1cc(C)c(CN)s1. The maximum absolute atomic E-state index is 12.0. The summed E-state index contributed by atoms with van der Waals surface area (Å²) in [5.41, 5.74) is 6.49. The lowest BCUT2D eigenvalue weighted by molar-refractivity contribution is 0.358. The second-order valence-corrected chi connectivity index (χ2v) is 7.30. The quantitative estimate of drug-likeness (QED) is 0.777. The molecule has 0 unspecified atom stereocenters. The van der Waals surface area contributed by atoms with Gasteiger partial charge in [0.1, 0.15) is 4.21 Å². The van der Waals surface area contributed by atoms with E-state index in [1.165, 1.54) is 11.3 Å². The lowest BCUT2D eigenvalue weighted by Gasteiger charge is -2.13. The summed E-state index contributed by atoms with van der Waals surface area (Å²) in [4.78, 5) is 2.97.